The van der Waals surface area contributed by atoms with Gasteiger partial charge in [0.15, 0.2) is 0 Å². The van der Waals surface area contributed by atoms with Crippen molar-refractivity contribution < 1.29 is 0 Å². The van der Waals surface area contributed by atoms with E-state index >= 15 is 0 Å². The predicted molar refractivity (Wildman–Crippen MR) is 68.0 cm³/mol. The van der Waals surface area contributed by atoms with E-state index in [-0.39, 0.29) is 0 Å². The first-order valence-electron chi connectivity index (χ1n) is 6.38. The van der Waals surface area contributed by atoms with Gasteiger partial charge in [-0.25, -0.2) is 0 Å². The van der Waals surface area contributed by atoms with Crippen molar-refractivity contribution in [1.82, 2.24) is 5.32 Å². The van der Waals surface area contributed by atoms with Gasteiger partial charge in [0.2, 0.25) is 0 Å². The summed E-state index contributed by atoms with van der Waals surface area (Å²) in [5, 5.41) is 3.69. The zero-order valence-corrected chi connectivity index (χ0v) is 10.8. The molecular formula is C14H27N. The van der Waals surface area contributed by atoms with Crippen LogP contribution in [0.2, 0.25) is 0 Å². The number of allylic oxidation sites excluding steroid dienone is 1. The van der Waals surface area contributed by atoms with Crippen LogP contribution in [-0.4, -0.2) is 12.6 Å². The summed E-state index contributed by atoms with van der Waals surface area (Å²) in [5.74, 6) is 0.882. The van der Waals surface area contributed by atoms with Gasteiger partial charge in [0.25, 0.3) is 0 Å². The Morgan fingerprint density at radius 3 is 2.67 bits per heavy atom. The largest absolute Gasteiger partial charge is 0.314 e. The Morgan fingerprint density at radius 1 is 1.33 bits per heavy atom. The van der Waals surface area contributed by atoms with Crippen molar-refractivity contribution >= 4 is 0 Å². The summed E-state index contributed by atoms with van der Waals surface area (Å²) in [7, 11) is 0. The number of hydrogen-bond acceptors (Lipinski definition) is 1. The van der Waals surface area contributed by atoms with E-state index in [9.17, 15) is 0 Å². The molecule has 1 fully saturated rings. The lowest BCUT2D eigenvalue weighted by molar-refractivity contribution is 0.152. The molecule has 1 rings (SSSR count). The van der Waals surface area contributed by atoms with Gasteiger partial charge in [-0.2, -0.15) is 0 Å². The summed E-state index contributed by atoms with van der Waals surface area (Å²) in [4.78, 5) is 0. The van der Waals surface area contributed by atoms with Crippen molar-refractivity contribution in [2.45, 2.75) is 59.4 Å². The SMILES string of the molecule is C/C=C/CCNC1CC(C)CC(C)(C)C1. The van der Waals surface area contributed by atoms with Crippen LogP contribution in [0.3, 0.4) is 0 Å². The molecule has 0 heterocycles. The van der Waals surface area contributed by atoms with Crippen LogP contribution >= 0.6 is 0 Å². The monoisotopic (exact) mass is 209 g/mol. The van der Waals surface area contributed by atoms with Crippen LogP contribution < -0.4 is 5.32 Å². The average molecular weight is 209 g/mol. The van der Waals surface area contributed by atoms with Crippen molar-refractivity contribution in [2.75, 3.05) is 6.54 Å². The smallest absolute Gasteiger partial charge is 0.00748 e. The summed E-state index contributed by atoms with van der Waals surface area (Å²) in [6.45, 7) is 10.4. The molecule has 0 aliphatic heterocycles. The quantitative estimate of drug-likeness (QED) is 0.549. The lowest BCUT2D eigenvalue weighted by atomic mass is 9.70. The first-order chi connectivity index (χ1) is 7.03. The minimum atomic E-state index is 0.538. The average Bonchev–Trinajstić information content (AvgIpc) is 2.09. The van der Waals surface area contributed by atoms with Gasteiger partial charge in [0.1, 0.15) is 0 Å². The minimum Gasteiger partial charge on any atom is -0.314 e. The summed E-state index contributed by atoms with van der Waals surface area (Å²) in [6, 6.07) is 0.744. The van der Waals surface area contributed by atoms with Gasteiger partial charge in [-0.1, -0.05) is 32.9 Å². The Morgan fingerprint density at radius 2 is 2.07 bits per heavy atom. The van der Waals surface area contributed by atoms with Crippen LogP contribution in [0.1, 0.15) is 53.4 Å². The van der Waals surface area contributed by atoms with Crippen LogP contribution in [0.25, 0.3) is 0 Å². The van der Waals surface area contributed by atoms with E-state index in [1.807, 2.05) is 0 Å². The standard InChI is InChI=1S/C14H27N/c1-5-6-7-8-15-13-9-12(2)10-14(3,4)11-13/h5-6,12-13,15H,7-11H2,1-4H3/b6-5+. The fraction of sp³-hybridized carbons (Fsp3) is 0.857. The van der Waals surface area contributed by atoms with Gasteiger partial charge in [-0.05, 0) is 50.5 Å². The van der Waals surface area contributed by atoms with E-state index in [0.717, 1.165) is 18.5 Å². The highest BCUT2D eigenvalue weighted by molar-refractivity contribution is 4.87. The fourth-order valence-electron chi connectivity index (χ4n) is 3.04. The molecule has 1 nitrogen and oxygen atoms in total. The van der Waals surface area contributed by atoms with Crippen LogP contribution in [0.4, 0.5) is 0 Å². The lowest BCUT2D eigenvalue weighted by Crippen LogP contribution is -2.40. The van der Waals surface area contributed by atoms with Crippen molar-refractivity contribution in [1.29, 1.82) is 0 Å². The third kappa shape index (κ3) is 4.83. The molecule has 0 aromatic heterocycles. The summed E-state index contributed by atoms with van der Waals surface area (Å²) in [5.41, 5.74) is 0.538. The zero-order valence-electron chi connectivity index (χ0n) is 10.8. The maximum absolute atomic E-state index is 3.69. The summed E-state index contributed by atoms with van der Waals surface area (Å²) in [6.07, 6.45) is 9.63. The van der Waals surface area contributed by atoms with Crippen molar-refractivity contribution in [3.8, 4) is 0 Å². The number of rotatable bonds is 4. The molecular weight excluding hydrogens is 182 g/mol. The van der Waals surface area contributed by atoms with Gasteiger partial charge >= 0.3 is 0 Å². The fourth-order valence-corrected chi connectivity index (χ4v) is 3.04. The van der Waals surface area contributed by atoms with Crippen LogP contribution in [0.15, 0.2) is 12.2 Å². The molecule has 1 saturated carbocycles. The second-order valence-corrected chi connectivity index (χ2v) is 5.92. The normalized spacial score (nSPS) is 30.9. The van der Waals surface area contributed by atoms with Crippen molar-refractivity contribution in [3.63, 3.8) is 0 Å². The molecule has 0 spiro atoms. The minimum absolute atomic E-state index is 0.538. The molecule has 2 unspecified atom stereocenters. The highest BCUT2D eigenvalue weighted by Crippen LogP contribution is 2.38. The highest BCUT2D eigenvalue weighted by Gasteiger charge is 2.31. The topological polar surface area (TPSA) is 12.0 Å². The number of nitrogens with one attached hydrogen (secondary N) is 1. The Bertz CT molecular complexity index is 205. The molecule has 0 amide bonds. The number of hydrogen-bond donors (Lipinski definition) is 1. The second kappa shape index (κ2) is 5.69. The van der Waals surface area contributed by atoms with E-state index in [0.29, 0.717) is 5.41 Å². The third-order valence-electron chi connectivity index (χ3n) is 3.37. The van der Waals surface area contributed by atoms with Crippen LogP contribution in [0, 0.1) is 11.3 Å². The van der Waals surface area contributed by atoms with E-state index in [4.69, 9.17) is 0 Å². The van der Waals surface area contributed by atoms with Crippen LogP contribution in [0.5, 0.6) is 0 Å². The van der Waals surface area contributed by atoms with Gasteiger partial charge in [0.05, 0.1) is 0 Å². The molecule has 0 saturated heterocycles. The van der Waals surface area contributed by atoms with Crippen molar-refractivity contribution in [3.05, 3.63) is 12.2 Å². The molecule has 1 aliphatic carbocycles. The molecule has 88 valence electrons. The maximum atomic E-state index is 3.69. The predicted octanol–water partition coefficient (Wildman–Crippen LogP) is 3.76. The molecule has 0 radical (unpaired) electrons. The molecule has 1 heteroatoms. The first-order valence-corrected chi connectivity index (χ1v) is 6.38. The van der Waals surface area contributed by atoms with Crippen LogP contribution in [-0.2, 0) is 0 Å². The van der Waals surface area contributed by atoms with E-state index in [1.165, 1.54) is 25.7 Å². The molecule has 1 N–H and O–H groups in total. The Kier molecular flexibility index (Phi) is 4.85. The van der Waals surface area contributed by atoms with E-state index < -0.39 is 0 Å². The Balaban J connectivity index is 2.29. The molecule has 0 aromatic carbocycles. The lowest BCUT2D eigenvalue weighted by Gasteiger charge is -2.39. The maximum Gasteiger partial charge on any atom is 0.00748 e. The molecule has 15 heavy (non-hydrogen) atoms. The first kappa shape index (κ1) is 12.8. The summed E-state index contributed by atoms with van der Waals surface area (Å²) >= 11 is 0. The van der Waals surface area contributed by atoms with Gasteiger partial charge in [-0.15, -0.1) is 0 Å². The highest BCUT2D eigenvalue weighted by atomic mass is 14.9. The van der Waals surface area contributed by atoms with E-state index in [1.54, 1.807) is 0 Å². The Hall–Kier alpha value is -0.300. The second-order valence-electron chi connectivity index (χ2n) is 5.92. The molecule has 2 atom stereocenters. The molecule has 1 aliphatic rings. The molecule has 0 bridgehead atoms. The van der Waals surface area contributed by atoms with Crippen molar-refractivity contribution in [2.24, 2.45) is 11.3 Å². The van der Waals surface area contributed by atoms with Gasteiger partial charge in [0, 0.05) is 6.04 Å². The van der Waals surface area contributed by atoms with Gasteiger partial charge < -0.3 is 5.32 Å². The molecule has 0 aromatic rings. The van der Waals surface area contributed by atoms with E-state index in [2.05, 4.69) is 45.2 Å². The Labute approximate surface area is 95.3 Å². The third-order valence-corrected chi connectivity index (χ3v) is 3.37. The van der Waals surface area contributed by atoms with Gasteiger partial charge in [-0.3, -0.25) is 0 Å². The zero-order chi connectivity index (χ0) is 11.3. The summed E-state index contributed by atoms with van der Waals surface area (Å²) < 4.78 is 0.